The van der Waals surface area contributed by atoms with Crippen LogP contribution >= 0.6 is 11.6 Å². The Morgan fingerprint density at radius 2 is 2.09 bits per heavy atom. The normalized spacial score (nSPS) is 20.5. The number of carboxylic acids is 1. The highest BCUT2D eigenvalue weighted by Gasteiger charge is 2.34. The molecule has 0 saturated heterocycles. The van der Waals surface area contributed by atoms with Crippen molar-refractivity contribution in [1.29, 1.82) is 0 Å². The molecule has 1 aliphatic carbocycles. The van der Waals surface area contributed by atoms with Gasteiger partial charge in [0.25, 0.3) is 5.91 Å². The number of carbonyl (C=O) groups is 2. The number of nitrogens with zero attached hydrogens (tertiary/aromatic N) is 1. The molecule has 0 atom stereocenters. The van der Waals surface area contributed by atoms with Crippen molar-refractivity contribution >= 4 is 23.5 Å². The van der Waals surface area contributed by atoms with Gasteiger partial charge in [0.1, 0.15) is 0 Å². The highest BCUT2D eigenvalue weighted by atomic mass is 35.5. The second kappa shape index (κ2) is 7.11. The van der Waals surface area contributed by atoms with Crippen LogP contribution in [0.25, 0.3) is 0 Å². The molecule has 1 fully saturated rings. The molecule has 1 aromatic rings. The molecule has 6 heteroatoms. The fourth-order valence-electron chi connectivity index (χ4n) is 2.78. The average molecular weight is 325 g/mol. The topological polar surface area (TPSA) is 69.6 Å². The van der Waals surface area contributed by atoms with E-state index in [-0.39, 0.29) is 24.5 Å². The Kier molecular flexibility index (Phi) is 5.42. The number of rotatable bonds is 6. The van der Waals surface area contributed by atoms with E-state index in [1.165, 1.54) is 0 Å². The van der Waals surface area contributed by atoms with Crippen LogP contribution in [0, 0.1) is 6.92 Å². The SMILES string of the molecule is CCN(CC(=O)O)C1CC(NC(=O)c2cc(Cl)ccc2C)C1. The van der Waals surface area contributed by atoms with Crippen molar-refractivity contribution in [3.05, 3.63) is 34.3 Å². The van der Waals surface area contributed by atoms with E-state index >= 15 is 0 Å². The molecule has 22 heavy (non-hydrogen) atoms. The zero-order chi connectivity index (χ0) is 16.3. The van der Waals surface area contributed by atoms with Crippen molar-refractivity contribution in [2.24, 2.45) is 0 Å². The smallest absolute Gasteiger partial charge is 0.317 e. The first kappa shape index (κ1) is 16.8. The summed E-state index contributed by atoms with van der Waals surface area (Å²) in [5.74, 6) is -0.936. The number of amides is 1. The van der Waals surface area contributed by atoms with Crippen LogP contribution in [0.15, 0.2) is 18.2 Å². The molecule has 1 saturated carbocycles. The molecule has 2 rings (SSSR count). The molecular formula is C16H21ClN2O3. The van der Waals surface area contributed by atoms with Crippen molar-refractivity contribution in [2.45, 2.75) is 38.8 Å². The van der Waals surface area contributed by atoms with Crippen molar-refractivity contribution in [1.82, 2.24) is 10.2 Å². The summed E-state index contributed by atoms with van der Waals surface area (Å²) in [4.78, 5) is 25.0. The number of carbonyl (C=O) groups excluding carboxylic acids is 1. The maximum Gasteiger partial charge on any atom is 0.317 e. The Morgan fingerprint density at radius 1 is 1.41 bits per heavy atom. The molecule has 0 unspecified atom stereocenters. The summed E-state index contributed by atoms with van der Waals surface area (Å²) in [6, 6.07) is 5.58. The summed E-state index contributed by atoms with van der Waals surface area (Å²) >= 11 is 5.93. The van der Waals surface area contributed by atoms with E-state index in [9.17, 15) is 9.59 Å². The van der Waals surface area contributed by atoms with Gasteiger partial charge in [-0.1, -0.05) is 24.6 Å². The van der Waals surface area contributed by atoms with Crippen molar-refractivity contribution < 1.29 is 14.7 Å². The zero-order valence-corrected chi connectivity index (χ0v) is 13.6. The molecule has 0 aliphatic heterocycles. The second-order valence-corrected chi connectivity index (χ2v) is 6.15. The van der Waals surface area contributed by atoms with Crippen LogP contribution in [0.1, 0.15) is 35.7 Å². The quantitative estimate of drug-likeness (QED) is 0.842. The van der Waals surface area contributed by atoms with E-state index in [0.717, 1.165) is 18.4 Å². The number of hydrogen-bond acceptors (Lipinski definition) is 3. The van der Waals surface area contributed by atoms with Gasteiger partial charge in [0.15, 0.2) is 0 Å². The van der Waals surface area contributed by atoms with Crippen LogP contribution in [0.5, 0.6) is 0 Å². The summed E-state index contributed by atoms with van der Waals surface area (Å²) in [6.07, 6.45) is 1.57. The Hall–Kier alpha value is -1.59. The zero-order valence-electron chi connectivity index (χ0n) is 12.8. The maximum absolute atomic E-state index is 12.3. The number of halogens is 1. The summed E-state index contributed by atoms with van der Waals surface area (Å²) in [5, 5.41) is 12.4. The molecule has 5 nitrogen and oxygen atoms in total. The Bertz CT molecular complexity index is 571. The van der Waals surface area contributed by atoms with Crippen molar-refractivity contribution in [3.63, 3.8) is 0 Å². The monoisotopic (exact) mass is 324 g/mol. The summed E-state index contributed by atoms with van der Waals surface area (Å²) in [7, 11) is 0. The number of benzene rings is 1. The third-order valence-electron chi connectivity index (χ3n) is 4.15. The van der Waals surface area contributed by atoms with Crippen LogP contribution in [0.2, 0.25) is 5.02 Å². The van der Waals surface area contributed by atoms with Crippen LogP contribution in [-0.4, -0.2) is 47.1 Å². The van der Waals surface area contributed by atoms with Gasteiger partial charge < -0.3 is 10.4 Å². The maximum atomic E-state index is 12.3. The first-order chi connectivity index (χ1) is 10.4. The third kappa shape index (κ3) is 3.99. The summed E-state index contributed by atoms with van der Waals surface area (Å²) in [6.45, 7) is 4.57. The molecule has 0 radical (unpaired) electrons. The minimum atomic E-state index is -0.816. The number of likely N-dealkylation sites (N-methyl/N-ethyl adjacent to an activating group) is 1. The fourth-order valence-corrected chi connectivity index (χ4v) is 2.95. The minimum absolute atomic E-state index is 0.0508. The van der Waals surface area contributed by atoms with Crippen LogP contribution in [-0.2, 0) is 4.79 Å². The molecule has 2 N–H and O–H groups in total. The molecule has 1 aromatic carbocycles. The second-order valence-electron chi connectivity index (χ2n) is 5.71. The fraction of sp³-hybridized carbons (Fsp3) is 0.500. The van der Waals surface area contributed by atoms with Gasteiger partial charge in [-0.2, -0.15) is 0 Å². The van der Waals surface area contributed by atoms with E-state index in [4.69, 9.17) is 16.7 Å². The first-order valence-corrected chi connectivity index (χ1v) is 7.81. The number of nitrogens with one attached hydrogen (secondary N) is 1. The Morgan fingerprint density at radius 3 is 2.68 bits per heavy atom. The number of aryl methyl sites for hydroxylation is 1. The lowest BCUT2D eigenvalue weighted by Crippen LogP contribution is -2.54. The molecule has 120 valence electrons. The number of carboxylic acid groups (broad SMARTS) is 1. The molecular weight excluding hydrogens is 304 g/mol. The van der Waals surface area contributed by atoms with E-state index in [2.05, 4.69) is 5.32 Å². The average Bonchev–Trinajstić information content (AvgIpc) is 2.42. The van der Waals surface area contributed by atoms with Crippen molar-refractivity contribution in [2.75, 3.05) is 13.1 Å². The van der Waals surface area contributed by atoms with Gasteiger partial charge in [-0.25, -0.2) is 0 Å². The lowest BCUT2D eigenvalue weighted by molar-refractivity contribution is -0.139. The van der Waals surface area contributed by atoms with E-state index in [0.29, 0.717) is 17.1 Å². The van der Waals surface area contributed by atoms with Crippen LogP contribution in [0.3, 0.4) is 0 Å². The Labute approximate surface area is 135 Å². The lowest BCUT2D eigenvalue weighted by Gasteiger charge is -2.42. The number of aliphatic carboxylic acids is 1. The largest absolute Gasteiger partial charge is 0.480 e. The lowest BCUT2D eigenvalue weighted by atomic mass is 9.85. The molecule has 0 aromatic heterocycles. The Balaban J connectivity index is 1.88. The minimum Gasteiger partial charge on any atom is -0.480 e. The first-order valence-electron chi connectivity index (χ1n) is 7.43. The molecule has 0 spiro atoms. The summed E-state index contributed by atoms with van der Waals surface area (Å²) in [5.41, 5.74) is 1.48. The van der Waals surface area contributed by atoms with E-state index in [1.54, 1.807) is 12.1 Å². The van der Waals surface area contributed by atoms with Gasteiger partial charge in [-0.15, -0.1) is 0 Å². The van der Waals surface area contributed by atoms with E-state index in [1.807, 2.05) is 24.8 Å². The van der Waals surface area contributed by atoms with Crippen molar-refractivity contribution in [3.8, 4) is 0 Å². The molecule has 0 bridgehead atoms. The van der Waals surface area contributed by atoms with Gasteiger partial charge in [-0.05, 0) is 44.0 Å². The van der Waals surface area contributed by atoms with Gasteiger partial charge in [0.2, 0.25) is 0 Å². The molecule has 1 aliphatic rings. The van der Waals surface area contributed by atoms with Crippen LogP contribution < -0.4 is 5.32 Å². The van der Waals surface area contributed by atoms with Crippen LogP contribution in [0.4, 0.5) is 0 Å². The predicted molar refractivity (Wildman–Crippen MR) is 85.3 cm³/mol. The highest BCUT2D eigenvalue weighted by molar-refractivity contribution is 6.31. The van der Waals surface area contributed by atoms with Gasteiger partial charge in [0.05, 0.1) is 6.54 Å². The van der Waals surface area contributed by atoms with Gasteiger partial charge in [-0.3, -0.25) is 14.5 Å². The highest BCUT2D eigenvalue weighted by Crippen LogP contribution is 2.26. The summed E-state index contributed by atoms with van der Waals surface area (Å²) < 4.78 is 0. The third-order valence-corrected chi connectivity index (χ3v) is 4.39. The van der Waals surface area contributed by atoms with Gasteiger partial charge >= 0.3 is 5.97 Å². The van der Waals surface area contributed by atoms with E-state index < -0.39 is 5.97 Å². The standard InChI is InChI=1S/C16H21ClN2O3/c1-3-19(9-15(20)21)13-7-12(8-13)18-16(22)14-6-11(17)5-4-10(14)2/h4-6,12-13H,3,7-9H2,1-2H3,(H,18,22)(H,20,21). The molecule has 0 heterocycles. The van der Waals surface area contributed by atoms with Gasteiger partial charge in [0, 0.05) is 22.7 Å². The molecule has 1 amide bonds. The predicted octanol–water partition coefficient (Wildman–Crippen LogP) is 2.32. The number of hydrogen-bond donors (Lipinski definition) is 2.